The summed E-state index contributed by atoms with van der Waals surface area (Å²) in [6.07, 6.45) is 2.51. The lowest BCUT2D eigenvalue weighted by Crippen LogP contribution is -2.52. The van der Waals surface area contributed by atoms with E-state index in [1.807, 2.05) is 20.8 Å². The van der Waals surface area contributed by atoms with Crippen molar-refractivity contribution in [3.8, 4) is 0 Å². The van der Waals surface area contributed by atoms with Gasteiger partial charge in [0.15, 0.2) is 0 Å². The number of rotatable bonds is 6. The van der Waals surface area contributed by atoms with E-state index in [0.29, 0.717) is 18.0 Å². The summed E-state index contributed by atoms with van der Waals surface area (Å²) in [5, 5.41) is 10.9. The highest BCUT2D eigenvalue weighted by atomic mass is 16.6. The summed E-state index contributed by atoms with van der Waals surface area (Å²) >= 11 is 0. The molecule has 1 unspecified atom stereocenters. The van der Waals surface area contributed by atoms with Gasteiger partial charge in [0.2, 0.25) is 6.41 Å². The van der Waals surface area contributed by atoms with Gasteiger partial charge in [0.05, 0.1) is 5.60 Å². The van der Waals surface area contributed by atoms with Crippen LogP contribution in [0.4, 0.5) is 0 Å². The molecule has 4 nitrogen and oxygen atoms in total. The summed E-state index contributed by atoms with van der Waals surface area (Å²) in [5.41, 5.74) is 1.03. The highest BCUT2D eigenvalue weighted by Gasteiger charge is 2.48. The summed E-state index contributed by atoms with van der Waals surface area (Å²) in [4.78, 5) is 4.77. The average molecular weight is 347 g/mol. The van der Waals surface area contributed by atoms with Crippen molar-refractivity contribution in [1.29, 1.82) is 0 Å². The third kappa shape index (κ3) is 4.82. The lowest BCUT2D eigenvalue weighted by atomic mass is 10.0. The van der Waals surface area contributed by atoms with Crippen molar-refractivity contribution in [3.63, 3.8) is 0 Å². The predicted molar refractivity (Wildman–Crippen MR) is 101 cm³/mol. The van der Waals surface area contributed by atoms with Crippen molar-refractivity contribution >= 4 is 0 Å². The van der Waals surface area contributed by atoms with E-state index in [-0.39, 0.29) is 5.60 Å². The zero-order chi connectivity index (χ0) is 18.0. The Balaban J connectivity index is 1.72. The summed E-state index contributed by atoms with van der Waals surface area (Å²) in [6.45, 7) is 11.6. The van der Waals surface area contributed by atoms with Crippen molar-refractivity contribution in [2.45, 2.75) is 77.0 Å². The van der Waals surface area contributed by atoms with Gasteiger partial charge in [-0.15, -0.1) is 0 Å². The minimum absolute atomic E-state index is 0.348. The molecule has 3 rings (SSSR count). The van der Waals surface area contributed by atoms with Gasteiger partial charge in [-0.2, -0.15) is 0 Å². The quantitative estimate of drug-likeness (QED) is 0.801. The molecule has 0 amide bonds. The van der Waals surface area contributed by atoms with Crippen molar-refractivity contribution in [2.75, 3.05) is 19.6 Å². The van der Waals surface area contributed by atoms with E-state index in [1.165, 1.54) is 5.56 Å². The maximum Gasteiger partial charge on any atom is 0.217 e. The van der Waals surface area contributed by atoms with E-state index in [9.17, 15) is 5.11 Å². The molecule has 25 heavy (non-hydrogen) atoms. The largest absolute Gasteiger partial charge is 0.356 e. The second kappa shape index (κ2) is 7.75. The zero-order valence-electron chi connectivity index (χ0n) is 16.2. The molecule has 1 aromatic carbocycles. The fourth-order valence-electron chi connectivity index (χ4n) is 4.10. The van der Waals surface area contributed by atoms with Crippen LogP contribution in [0.25, 0.3) is 0 Å². The van der Waals surface area contributed by atoms with E-state index in [0.717, 1.165) is 38.9 Å². The molecule has 0 bridgehead atoms. The minimum Gasteiger partial charge on any atom is -0.356 e. The number of aliphatic hydroxyl groups is 1. The topological polar surface area (TPSA) is 35.9 Å². The molecule has 140 valence electrons. The SMILES string of the molecule is CCN1CCC(N(C(O)OC(C)(C)C)[C@@H]2C[C@H]2c2ccccc2)CC1. The van der Waals surface area contributed by atoms with Gasteiger partial charge in [-0.05, 0) is 65.2 Å². The first-order valence-electron chi connectivity index (χ1n) is 9.79. The van der Waals surface area contributed by atoms with Crippen LogP contribution in [0.1, 0.15) is 58.4 Å². The molecular weight excluding hydrogens is 312 g/mol. The predicted octanol–water partition coefficient (Wildman–Crippen LogP) is 3.42. The highest BCUT2D eigenvalue weighted by Crippen LogP contribution is 2.47. The van der Waals surface area contributed by atoms with Gasteiger partial charge in [0.1, 0.15) is 0 Å². The molecule has 1 aromatic rings. The maximum atomic E-state index is 10.9. The van der Waals surface area contributed by atoms with Gasteiger partial charge >= 0.3 is 0 Å². The first kappa shape index (κ1) is 18.8. The molecule has 2 aliphatic rings. The molecule has 3 atom stereocenters. The van der Waals surface area contributed by atoms with Gasteiger partial charge in [-0.25, -0.2) is 4.90 Å². The average Bonchev–Trinajstić information content (AvgIpc) is 3.35. The second-order valence-corrected chi connectivity index (χ2v) is 8.49. The Kier molecular flexibility index (Phi) is 5.84. The summed E-state index contributed by atoms with van der Waals surface area (Å²) in [6, 6.07) is 11.5. The molecule has 4 heteroatoms. The van der Waals surface area contributed by atoms with Gasteiger partial charge < -0.3 is 14.7 Å². The van der Waals surface area contributed by atoms with Crippen molar-refractivity contribution in [2.24, 2.45) is 0 Å². The molecule has 0 radical (unpaired) electrons. The number of ether oxygens (including phenoxy) is 1. The van der Waals surface area contributed by atoms with Crippen LogP contribution < -0.4 is 0 Å². The van der Waals surface area contributed by atoms with E-state index < -0.39 is 6.41 Å². The standard InChI is InChI=1S/C21H34N2O2/c1-5-22-13-11-17(12-14-22)23(20(24)25-21(2,3)4)19-15-18(19)16-9-7-6-8-10-16/h6-10,17-20,24H,5,11-15H2,1-4H3/t18-,19+,20?/m0/s1. The minimum atomic E-state index is -0.822. The third-order valence-corrected chi connectivity index (χ3v) is 5.51. The fraction of sp³-hybridized carbons (Fsp3) is 0.714. The second-order valence-electron chi connectivity index (χ2n) is 8.49. The van der Waals surface area contributed by atoms with Crippen LogP contribution in [0.15, 0.2) is 30.3 Å². The Morgan fingerprint density at radius 1 is 1.20 bits per heavy atom. The molecule has 0 aromatic heterocycles. The Morgan fingerprint density at radius 2 is 1.84 bits per heavy atom. The molecule has 1 saturated carbocycles. The monoisotopic (exact) mass is 346 g/mol. The number of nitrogens with zero attached hydrogens (tertiary/aromatic N) is 2. The van der Waals surface area contributed by atoms with Crippen LogP contribution in [-0.2, 0) is 4.74 Å². The van der Waals surface area contributed by atoms with Crippen LogP contribution in [0, 0.1) is 0 Å². The molecule has 1 N–H and O–H groups in total. The van der Waals surface area contributed by atoms with Crippen molar-refractivity contribution < 1.29 is 9.84 Å². The number of piperidine rings is 1. The van der Waals surface area contributed by atoms with E-state index in [2.05, 4.69) is 47.1 Å². The number of aliphatic hydroxyl groups excluding tert-OH is 1. The molecule has 1 heterocycles. The number of hydrogen-bond donors (Lipinski definition) is 1. The smallest absolute Gasteiger partial charge is 0.217 e. The van der Waals surface area contributed by atoms with Crippen LogP contribution >= 0.6 is 0 Å². The molecule has 1 aliphatic carbocycles. The molecule has 2 fully saturated rings. The summed E-state index contributed by atoms with van der Waals surface area (Å²) in [5.74, 6) is 0.517. The Hall–Kier alpha value is -0.940. The first-order valence-corrected chi connectivity index (χ1v) is 9.79. The van der Waals surface area contributed by atoms with Crippen LogP contribution in [0.5, 0.6) is 0 Å². The lowest BCUT2D eigenvalue weighted by molar-refractivity contribution is -0.254. The third-order valence-electron chi connectivity index (χ3n) is 5.51. The Bertz CT molecular complexity index is 535. The number of likely N-dealkylation sites (tertiary alicyclic amines) is 1. The van der Waals surface area contributed by atoms with Crippen LogP contribution in [-0.4, -0.2) is 58.6 Å². The fourth-order valence-corrected chi connectivity index (χ4v) is 4.10. The molecule has 1 aliphatic heterocycles. The van der Waals surface area contributed by atoms with Gasteiger partial charge in [-0.3, -0.25) is 0 Å². The highest BCUT2D eigenvalue weighted by molar-refractivity contribution is 5.28. The lowest BCUT2D eigenvalue weighted by Gasteiger charge is -2.42. The van der Waals surface area contributed by atoms with Crippen LogP contribution in [0.3, 0.4) is 0 Å². The molecule has 0 spiro atoms. The summed E-state index contributed by atoms with van der Waals surface area (Å²) < 4.78 is 5.96. The number of benzene rings is 1. The number of hydrogen-bond acceptors (Lipinski definition) is 4. The van der Waals surface area contributed by atoms with Crippen molar-refractivity contribution in [1.82, 2.24) is 9.80 Å². The first-order chi connectivity index (χ1) is 11.9. The summed E-state index contributed by atoms with van der Waals surface area (Å²) in [7, 11) is 0. The Labute approximate surface area is 152 Å². The van der Waals surface area contributed by atoms with E-state index in [4.69, 9.17) is 4.74 Å². The van der Waals surface area contributed by atoms with Crippen molar-refractivity contribution in [3.05, 3.63) is 35.9 Å². The van der Waals surface area contributed by atoms with Crippen LogP contribution in [0.2, 0.25) is 0 Å². The molecular formula is C21H34N2O2. The van der Waals surface area contributed by atoms with E-state index in [1.54, 1.807) is 0 Å². The normalized spacial score (nSPS) is 26.8. The maximum absolute atomic E-state index is 10.9. The van der Waals surface area contributed by atoms with Gasteiger partial charge in [0.25, 0.3) is 0 Å². The van der Waals surface area contributed by atoms with Gasteiger partial charge in [-0.1, -0.05) is 37.3 Å². The Morgan fingerprint density at radius 3 is 2.40 bits per heavy atom. The van der Waals surface area contributed by atoms with Gasteiger partial charge in [0, 0.05) is 18.0 Å². The molecule has 1 saturated heterocycles. The zero-order valence-corrected chi connectivity index (χ0v) is 16.2. The van der Waals surface area contributed by atoms with E-state index >= 15 is 0 Å².